The molecule has 0 spiro atoms. The van der Waals surface area contributed by atoms with Crippen LogP contribution in [0.3, 0.4) is 0 Å². The molecule has 2 aromatic rings. The van der Waals surface area contributed by atoms with Gasteiger partial charge in [0.2, 0.25) is 0 Å². The fraction of sp³-hybridized carbons (Fsp3) is 0.353. The average molecular weight is 390 g/mol. The lowest BCUT2D eigenvalue weighted by Gasteiger charge is -2.34. The summed E-state index contributed by atoms with van der Waals surface area (Å²) in [4.78, 5) is 25.5. The zero-order valence-electron chi connectivity index (χ0n) is 13.6. The van der Waals surface area contributed by atoms with Gasteiger partial charge in [-0.15, -0.1) is 0 Å². The van der Waals surface area contributed by atoms with Crippen LogP contribution in [-0.4, -0.2) is 53.5 Å². The second-order valence-electron chi connectivity index (χ2n) is 5.65. The van der Waals surface area contributed by atoms with Crippen LogP contribution >= 0.6 is 15.9 Å². The third-order valence-electron chi connectivity index (χ3n) is 4.11. The number of hydrogen-bond donors (Lipinski definition) is 1. The van der Waals surface area contributed by atoms with E-state index in [0.29, 0.717) is 5.69 Å². The van der Waals surface area contributed by atoms with Crippen molar-refractivity contribution in [2.75, 3.05) is 42.9 Å². The Bertz CT molecular complexity index is 716. The zero-order valence-corrected chi connectivity index (χ0v) is 15.2. The fourth-order valence-corrected chi connectivity index (χ4v) is 3.10. The number of amides is 1. The van der Waals surface area contributed by atoms with Crippen molar-refractivity contribution in [1.82, 2.24) is 14.9 Å². The molecule has 126 valence electrons. The van der Waals surface area contributed by atoms with Crippen LogP contribution in [-0.2, 0) is 0 Å². The Labute approximate surface area is 150 Å². The molecule has 1 amide bonds. The molecule has 0 saturated carbocycles. The number of carbonyl (C=O) groups excluding carboxylic acids is 1. The fourth-order valence-electron chi connectivity index (χ4n) is 2.70. The van der Waals surface area contributed by atoms with Crippen LogP contribution in [0.2, 0.25) is 0 Å². The summed E-state index contributed by atoms with van der Waals surface area (Å²) in [5, 5.41) is 2.86. The van der Waals surface area contributed by atoms with Crippen LogP contribution in [0.4, 0.5) is 11.5 Å². The second-order valence-corrected chi connectivity index (χ2v) is 6.56. The van der Waals surface area contributed by atoms with Crippen LogP contribution in [0, 0.1) is 0 Å². The third-order valence-corrected chi connectivity index (χ3v) is 4.60. The van der Waals surface area contributed by atoms with Crippen molar-refractivity contribution in [2.45, 2.75) is 6.92 Å². The van der Waals surface area contributed by atoms with Gasteiger partial charge in [0, 0.05) is 42.4 Å². The number of halogens is 1. The zero-order chi connectivity index (χ0) is 16.9. The number of nitrogens with zero attached hydrogens (tertiary/aromatic N) is 4. The lowest BCUT2D eigenvalue weighted by Crippen LogP contribution is -2.46. The van der Waals surface area contributed by atoms with Gasteiger partial charge in [-0.25, -0.2) is 9.97 Å². The molecule has 1 aliphatic heterocycles. The van der Waals surface area contributed by atoms with E-state index in [1.165, 1.54) is 6.33 Å². The Kier molecular flexibility index (Phi) is 5.42. The van der Waals surface area contributed by atoms with E-state index < -0.39 is 0 Å². The molecular formula is C17H20BrN5O. The van der Waals surface area contributed by atoms with Crippen LogP contribution in [0.1, 0.15) is 17.4 Å². The van der Waals surface area contributed by atoms with Gasteiger partial charge in [-0.2, -0.15) is 0 Å². The minimum atomic E-state index is -0.232. The molecule has 1 aromatic heterocycles. The summed E-state index contributed by atoms with van der Waals surface area (Å²) in [6.45, 7) is 7.10. The first-order chi connectivity index (χ1) is 11.7. The highest BCUT2D eigenvalue weighted by Gasteiger charge is 2.18. The number of aromatic nitrogens is 2. The summed E-state index contributed by atoms with van der Waals surface area (Å²) in [5.74, 6) is 0.573. The molecule has 6 nitrogen and oxygen atoms in total. The average Bonchev–Trinajstić information content (AvgIpc) is 2.62. The predicted molar refractivity (Wildman–Crippen MR) is 98.5 cm³/mol. The van der Waals surface area contributed by atoms with Gasteiger partial charge in [-0.1, -0.05) is 28.9 Å². The molecule has 1 fully saturated rings. The van der Waals surface area contributed by atoms with Crippen LogP contribution in [0.5, 0.6) is 0 Å². The molecule has 3 rings (SSSR count). The number of rotatable bonds is 4. The van der Waals surface area contributed by atoms with Crippen molar-refractivity contribution in [2.24, 2.45) is 0 Å². The van der Waals surface area contributed by atoms with Gasteiger partial charge >= 0.3 is 0 Å². The highest BCUT2D eigenvalue weighted by molar-refractivity contribution is 9.10. The first kappa shape index (κ1) is 16.9. The normalized spacial score (nSPS) is 15.3. The topological polar surface area (TPSA) is 61.4 Å². The van der Waals surface area contributed by atoms with E-state index in [0.717, 1.165) is 48.7 Å². The van der Waals surface area contributed by atoms with Crippen molar-refractivity contribution in [1.29, 1.82) is 0 Å². The van der Waals surface area contributed by atoms with E-state index in [-0.39, 0.29) is 5.91 Å². The van der Waals surface area contributed by atoms with E-state index in [9.17, 15) is 4.79 Å². The smallest absolute Gasteiger partial charge is 0.274 e. The van der Waals surface area contributed by atoms with Gasteiger partial charge < -0.3 is 15.1 Å². The quantitative estimate of drug-likeness (QED) is 0.870. The number of benzene rings is 1. The number of hydrogen-bond acceptors (Lipinski definition) is 5. The molecule has 0 bridgehead atoms. The van der Waals surface area contributed by atoms with Gasteiger partial charge in [0.15, 0.2) is 0 Å². The van der Waals surface area contributed by atoms with Crippen molar-refractivity contribution in [3.05, 3.63) is 46.8 Å². The maximum absolute atomic E-state index is 12.4. The van der Waals surface area contributed by atoms with Gasteiger partial charge in [-0.3, -0.25) is 4.79 Å². The van der Waals surface area contributed by atoms with Crippen molar-refractivity contribution >= 4 is 33.3 Å². The Balaban J connectivity index is 1.69. The summed E-state index contributed by atoms with van der Waals surface area (Å²) in [6.07, 6.45) is 1.46. The number of anilines is 2. The number of piperazine rings is 1. The summed E-state index contributed by atoms with van der Waals surface area (Å²) >= 11 is 3.40. The van der Waals surface area contributed by atoms with E-state index in [2.05, 4.69) is 47.9 Å². The maximum atomic E-state index is 12.4. The lowest BCUT2D eigenvalue weighted by atomic mass is 10.2. The Hall–Kier alpha value is -1.99. The summed E-state index contributed by atoms with van der Waals surface area (Å²) in [6, 6.07) is 9.24. The Morgan fingerprint density at radius 2 is 2.00 bits per heavy atom. The molecule has 1 aromatic carbocycles. The number of nitrogens with one attached hydrogen (secondary N) is 1. The van der Waals surface area contributed by atoms with Gasteiger partial charge in [0.05, 0.1) is 0 Å². The van der Waals surface area contributed by atoms with E-state index in [1.807, 2.05) is 24.3 Å². The highest BCUT2D eigenvalue weighted by Crippen LogP contribution is 2.18. The summed E-state index contributed by atoms with van der Waals surface area (Å²) in [7, 11) is 0. The minimum Gasteiger partial charge on any atom is -0.354 e. The molecular weight excluding hydrogens is 370 g/mol. The van der Waals surface area contributed by atoms with E-state index in [4.69, 9.17) is 0 Å². The van der Waals surface area contributed by atoms with E-state index >= 15 is 0 Å². The largest absolute Gasteiger partial charge is 0.354 e. The van der Waals surface area contributed by atoms with Crippen molar-refractivity contribution < 1.29 is 4.79 Å². The number of carbonyl (C=O) groups is 1. The summed E-state index contributed by atoms with van der Waals surface area (Å²) in [5.41, 5.74) is 1.10. The van der Waals surface area contributed by atoms with Gasteiger partial charge in [0.1, 0.15) is 17.8 Å². The Morgan fingerprint density at radius 1 is 1.21 bits per heavy atom. The first-order valence-electron chi connectivity index (χ1n) is 8.02. The summed E-state index contributed by atoms with van der Waals surface area (Å²) < 4.78 is 0.914. The van der Waals surface area contributed by atoms with E-state index in [1.54, 1.807) is 6.07 Å². The molecule has 0 unspecified atom stereocenters. The first-order valence-corrected chi connectivity index (χ1v) is 8.81. The molecule has 0 radical (unpaired) electrons. The molecule has 1 aliphatic rings. The van der Waals surface area contributed by atoms with Crippen LogP contribution in [0.15, 0.2) is 41.1 Å². The molecule has 0 aliphatic carbocycles. The minimum absolute atomic E-state index is 0.232. The van der Waals surface area contributed by atoms with Crippen LogP contribution in [0.25, 0.3) is 0 Å². The van der Waals surface area contributed by atoms with Crippen molar-refractivity contribution in [3.63, 3.8) is 0 Å². The molecule has 2 heterocycles. The number of likely N-dealkylation sites (N-methyl/N-ethyl adjacent to an activating group) is 1. The van der Waals surface area contributed by atoms with Crippen LogP contribution < -0.4 is 10.2 Å². The third kappa shape index (κ3) is 4.10. The van der Waals surface area contributed by atoms with Gasteiger partial charge in [-0.05, 0) is 24.7 Å². The second kappa shape index (κ2) is 7.72. The van der Waals surface area contributed by atoms with Gasteiger partial charge in [0.25, 0.3) is 5.91 Å². The SMILES string of the molecule is CCN1CCN(c2cc(C(=O)Nc3cccc(Br)c3)ncn2)CC1. The molecule has 0 atom stereocenters. The monoisotopic (exact) mass is 389 g/mol. The molecule has 1 saturated heterocycles. The van der Waals surface area contributed by atoms with Crippen molar-refractivity contribution in [3.8, 4) is 0 Å². The standard InChI is InChI=1S/C17H20BrN5O/c1-2-22-6-8-23(9-7-22)16-11-15(19-12-20-16)17(24)21-14-5-3-4-13(18)10-14/h3-5,10-12H,2,6-9H2,1H3,(H,21,24). The highest BCUT2D eigenvalue weighted by atomic mass is 79.9. The molecule has 24 heavy (non-hydrogen) atoms. The Morgan fingerprint density at radius 3 is 2.71 bits per heavy atom. The molecule has 1 N–H and O–H groups in total. The molecule has 7 heteroatoms. The lowest BCUT2D eigenvalue weighted by molar-refractivity contribution is 0.102. The predicted octanol–water partition coefficient (Wildman–Crippen LogP) is 2.63. The maximum Gasteiger partial charge on any atom is 0.274 e.